The van der Waals surface area contributed by atoms with E-state index in [9.17, 15) is 4.79 Å². The van der Waals surface area contributed by atoms with Crippen molar-refractivity contribution in [3.8, 4) is 0 Å². The summed E-state index contributed by atoms with van der Waals surface area (Å²) in [5, 5.41) is 5.21. The van der Waals surface area contributed by atoms with Gasteiger partial charge in [0, 0.05) is 38.3 Å². The molecule has 0 atom stereocenters. The number of rotatable bonds is 6. The van der Waals surface area contributed by atoms with Crippen LogP contribution in [0.5, 0.6) is 0 Å². The van der Waals surface area contributed by atoms with Gasteiger partial charge in [0.15, 0.2) is 0 Å². The van der Waals surface area contributed by atoms with E-state index in [0.29, 0.717) is 0 Å². The first-order valence-electron chi connectivity index (χ1n) is 8.98. The molecule has 2 aromatic carbocycles. The Morgan fingerprint density at radius 2 is 1.71 bits per heavy atom. The van der Waals surface area contributed by atoms with E-state index in [-0.39, 0.29) is 5.91 Å². The molecule has 2 aromatic rings. The van der Waals surface area contributed by atoms with Gasteiger partial charge in [-0.05, 0) is 36.3 Å². The summed E-state index contributed by atoms with van der Waals surface area (Å²) in [6.07, 6.45) is 1.00. The van der Waals surface area contributed by atoms with Gasteiger partial charge in [0.2, 0.25) is 0 Å². The zero-order valence-electron chi connectivity index (χ0n) is 14.5. The summed E-state index contributed by atoms with van der Waals surface area (Å²) in [6.45, 7) is 9.78. The van der Waals surface area contributed by atoms with Gasteiger partial charge in [-0.3, -0.25) is 4.79 Å². The van der Waals surface area contributed by atoms with Crippen molar-refractivity contribution in [3.63, 3.8) is 0 Å². The molecular weight excluding hydrogens is 298 g/mol. The number of carbonyl (C=O) groups excluding carboxylic acids is 1. The molecule has 1 aliphatic rings. The van der Waals surface area contributed by atoms with Gasteiger partial charge in [0.1, 0.15) is 0 Å². The molecule has 0 radical (unpaired) electrons. The van der Waals surface area contributed by atoms with Gasteiger partial charge in [-0.15, -0.1) is 0 Å². The number of piperazine rings is 1. The van der Waals surface area contributed by atoms with Gasteiger partial charge in [-0.1, -0.05) is 43.3 Å². The Kier molecular flexibility index (Phi) is 5.83. The first kappa shape index (κ1) is 16.9. The lowest BCUT2D eigenvalue weighted by molar-refractivity contribution is 0.0950. The molecule has 0 saturated carbocycles. The molecular formula is C20H27N3O. The van der Waals surface area contributed by atoms with Crippen LogP contribution in [0.4, 0.5) is 0 Å². The molecule has 1 amide bonds. The Hall–Kier alpha value is -1.91. The van der Waals surface area contributed by atoms with Crippen molar-refractivity contribution < 1.29 is 4.79 Å². The third kappa shape index (κ3) is 4.13. The molecule has 0 aromatic heterocycles. The van der Waals surface area contributed by atoms with E-state index in [4.69, 9.17) is 0 Å². The van der Waals surface area contributed by atoms with E-state index in [1.807, 2.05) is 42.5 Å². The maximum Gasteiger partial charge on any atom is 0.251 e. The molecule has 0 aliphatic carbocycles. The third-order valence-electron chi connectivity index (χ3n) is 4.88. The smallest absolute Gasteiger partial charge is 0.251 e. The highest BCUT2D eigenvalue weighted by molar-refractivity contribution is 6.06. The molecule has 1 fully saturated rings. The second kappa shape index (κ2) is 8.27. The van der Waals surface area contributed by atoms with Crippen molar-refractivity contribution in [1.29, 1.82) is 0 Å². The van der Waals surface area contributed by atoms with Crippen LogP contribution in [-0.4, -0.2) is 61.5 Å². The maximum atomic E-state index is 12.5. The highest BCUT2D eigenvalue weighted by Gasteiger charge is 2.15. The number of carbonyl (C=O) groups is 1. The Labute approximate surface area is 144 Å². The van der Waals surface area contributed by atoms with Gasteiger partial charge in [-0.2, -0.15) is 0 Å². The Morgan fingerprint density at radius 1 is 1.00 bits per heavy atom. The quantitative estimate of drug-likeness (QED) is 0.829. The predicted molar refractivity (Wildman–Crippen MR) is 99.5 cm³/mol. The minimum absolute atomic E-state index is 0.0302. The largest absolute Gasteiger partial charge is 0.352 e. The van der Waals surface area contributed by atoms with Crippen LogP contribution in [-0.2, 0) is 0 Å². The summed E-state index contributed by atoms with van der Waals surface area (Å²) in [6, 6.07) is 13.9. The number of fused-ring (bicyclic) bond motifs is 1. The maximum absolute atomic E-state index is 12.5. The summed E-state index contributed by atoms with van der Waals surface area (Å²) < 4.78 is 0. The molecule has 0 spiro atoms. The topological polar surface area (TPSA) is 35.6 Å². The fourth-order valence-electron chi connectivity index (χ4n) is 3.35. The van der Waals surface area contributed by atoms with Gasteiger partial charge in [0.25, 0.3) is 5.91 Å². The minimum Gasteiger partial charge on any atom is -0.352 e. The lowest BCUT2D eigenvalue weighted by Crippen LogP contribution is -2.46. The lowest BCUT2D eigenvalue weighted by Gasteiger charge is -2.33. The fourth-order valence-corrected chi connectivity index (χ4v) is 3.35. The molecule has 1 N–H and O–H groups in total. The van der Waals surface area contributed by atoms with Crippen LogP contribution in [0.3, 0.4) is 0 Å². The van der Waals surface area contributed by atoms with Gasteiger partial charge in [-0.25, -0.2) is 0 Å². The first-order chi connectivity index (χ1) is 11.8. The number of hydrogen-bond donors (Lipinski definition) is 1. The van der Waals surface area contributed by atoms with Crippen LogP contribution in [0.25, 0.3) is 10.8 Å². The minimum atomic E-state index is 0.0302. The molecule has 3 rings (SSSR count). The van der Waals surface area contributed by atoms with Gasteiger partial charge < -0.3 is 15.1 Å². The monoisotopic (exact) mass is 325 g/mol. The first-order valence-corrected chi connectivity index (χ1v) is 8.98. The Balaban J connectivity index is 1.46. The summed E-state index contributed by atoms with van der Waals surface area (Å²) in [5.74, 6) is 0.0302. The lowest BCUT2D eigenvalue weighted by atomic mass is 10.0. The van der Waals surface area contributed by atoms with E-state index >= 15 is 0 Å². The van der Waals surface area contributed by atoms with Crippen molar-refractivity contribution in [2.24, 2.45) is 0 Å². The fraction of sp³-hybridized carbons (Fsp3) is 0.450. The van der Waals surface area contributed by atoms with E-state index < -0.39 is 0 Å². The van der Waals surface area contributed by atoms with Crippen molar-refractivity contribution in [2.45, 2.75) is 13.3 Å². The third-order valence-corrected chi connectivity index (χ3v) is 4.88. The molecule has 24 heavy (non-hydrogen) atoms. The molecule has 128 valence electrons. The van der Waals surface area contributed by atoms with Crippen LogP contribution < -0.4 is 5.32 Å². The zero-order valence-corrected chi connectivity index (χ0v) is 14.5. The molecule has 1 heterocycles. The van der Waals surface area contributed by atoms with Crippen molar-refractivity contribution in [2.75, 3.05) is 45.8 Å². The normalized spacial score (nSPS) is 16.4. The average Bonchev–Trinajstić information content (AvgIpc) is 2.65. The van der Waals surface area contributed by atoms with Crippen LogP contribution >= 0.6 is 0 Å². The number of nitrogens with zero attached hydrogens (tertiary/aromatic N) is 2. The highest BCUT2D eigenvalue weighted by Crippen LogP contribution is 2.18. The van der Waals surface area contributed by atoms with Crippen molar-refractivity contribution in [1.82, 2.24) is 15.1 Å². The second-order valence-corrected chi connectivity index (χ2v) is 6.41. The molecule has 0 unspecified atom stereocenters. The second-order valence-electron chi connectivity index (χ2n) is 6.41. The number of amides is 1. The predicted octanol–water partition coefficient (Wildman–Crippen LogP) is 2.60. The van der Waals surface area contributed by atoms with Gasteiger partial charge in [0.05, 0.1) is 0 Å². The van der Waals surface area contributed by atoms with Crippen molar-refractivity contribution >= 4 is 16.7 Å². The van der Waals surface area contributed by atoms with E-state index in [1.165, 1.54) is 13.1 Å². The van der Waals surface area contributed by atoms with E-state index in [0.717, 1.165) is 55.5 Å². The summed E-state index contributed by atoms with van der Waals surface area (Å²) in [7, 11) is 0. The molecule has 4 nitrogen and oxygen atoms in total. The number of hydrogen-bond acceptors (Lipinski definition) is 3. The highest BCUT2D eigenvalue weighted by atomic mass is 16.1. The zero-order chi connectivity index (χ0) is 16.8. The van der Waals surface area contributed by atoms with Crippen molar-refractivity contribution in [3.05, 3.63) is 48.0 Å². The summed E-state index contributed by atoms with van der Waals surface area (Å²) >= 11 is 0. The number of nitrogens with one attached hydrogen (secondary N) is 1. The molecule has 1 saturated heterocycles. The number of benzene rings is 2. The molecule has 4 heteroatoms. The average molecular weight is 325 g/mol. The van der Waals surface area contributed by atoms with E-state index in [1.54, 1.807) is 0 Å². The Bertz CT molecular complexity index is 672. The summed E-state index contributed by atoms with van der Waals surface area (Å²) in [4.78, 5) is 17.4. The van der Waals surface area contributed by atoms with Crippen LogP contribution in [0.2, 0.25) is 0 Å². The van der Waals surface area contributed by atoms with Crippen LogP contribution in [0.15, 0.2) is 42.5 Å². The number of likely N-dealkylation sites (N-methyl/N-ethyl adjacent to an activating group) is 1. The SMILES string of the molecule is CCN1CCN(CCCNC(=O)c2cccc3ccccc23)CC1. The Morgan fingerprint density at radius 3 is 2.50 bits per heavy atom. The van der Waals surface area contributed by atoms with Gasteiger partial charge >= 0.3 is 0 Å². The standard InChI is InChI=1S/C20H27N3O/c1-2-22-13-15-23(16-14-22)12-6-11-21-20(24)19-10-5-8-17-7-3-4-9-18(17)19/h3-5,7-10H,2,6,11-16H2,1H3,(H,21,24). The van der Waals surface area contributed by atoms with Crippen LogP contribution in [0.1, 0.15) is 23.7 Å². The van der Waals surface area contributed by atoms with Crippen LogP contribution in [0, 0.1) is 0 Å². The van der Waals surface area contributed by atoms with E-state index in [2.05, 4.69) is 22.0 Å². The summed E-state index contributed by atoms with van der Waals surface area (Å²) in [5.41, 5.74) is 0.768. The molecule has 1 aliphatic heterocycles. The molecule has 0 bridgehead atoms.